The average Bonchev–Trinajstić information content (AvgIpc) is 2.47. The molecule has 104 valence electrons. The Kier molecular flexibility index (Phi) is 5.02. The lowest BCUT2D eigenvalue weighted by Gasteiger charge is -2.06. The maximum atomic E-state index is 11.6. The van der Waals surface area contributed by atoms with Gasteiger partial charge < -0.3 is 9.84 Å². The summed E-state index contributed by atoms with van der Waals surface area (Å²) in [7, 11) is 0. The number of ether oxygens (including phenoxy) is 1. The van der Waals surface area contributed by atoms with Crippen LogP contribution in [-0.4, -0.2) is 11.1 Å². The topological polar surface area (TPSA) is 46.5 Å². The first-order valence-electron chi connectivity index (χ1n) is 6.32. The zero-order valence-electron chi connectivity index (χ0n) is 10.9. The van der Waals surface area contributed by atoms with E-state index in [0.29, 0.717) is 11.4 Å². The van der Waals surface area contributed by atoms with Crippen LogP contribution in [0, 0.1) is 0 Å². The molecule has 2 rings (SSSR count). The molecular formula is C16H15ClO3. The number of phenolic OH excluding ortho intramolecular Hbond substituents is 1. The third-order valence-corrected chi connectivity index (χ3v) is 3.18. The third-order valence-electron chi connectivity index (χ3n) is 2.87. The number of hydrogen-bond acceptors (Lipinski definition) is 3. The molecule has 0 heterocycles. The van der Waals surface area contributed by atoms with Crippen molar-refractivity contribution in [1.82, 2.24) is 0 Å². The minimum atomic E-state index is -0.252. The van der Waals surface area contributed by atoms with Crippen LogP contribution in [0.2, 0.25) is 5.02 Å². The maximum Gasteiger partial charge on any atom is 0.306 e. The smallest absolute Gasteiger partial charge is 0.306 e. The van der Waals surface area contributed by atoms with Gasteiger partial charge in [-0.3, -0.25) is 4.79 Å². The molecule has 0 spiro atoms. The summed E-state index contributed by atoms with van der Waals surface area (Å²) in [4.78, 5) is 11.6. The molecule has 3 nitrogen and oxygen atoms in total. The van der Waals surface area contributed by atoms with Crippen LogP contribution in [0.1, 0.15) is 17.5 Å². The molecule has 0 aromatic heterocycles. The molecule has 2 aromatic rings. The second-order valence-corrected chi connectivity index (χ2v) is 4.84. The van der Waals surface area contributed by atoms with Gasteiger partial charge in [-0.25, -0.2) is 0 Å². The van der Waals surface area contributed by atoms with Gasteiger partial charge in [0.25, 0.3) is 0 Å². The highest BCUT2D eigenvalue weighted by atomic mass is 35.5. The van der Waals surface area contributed by atoms with Crippen LogP contribution in [0.15, 0.2) is 48.5 Å². The second kappa shape index (κ2) is 6.96. The molecular weight excluding hydrogens is 276 g/mol. The SMILES string of the molecule is O=C(CCc1ccc(O)c(Cl)c1)OCc1ccccc1. The number of carbonyl (C=O) groups excluding carboxylic acids is 1. The van der Waals surface area contributed by atoms with Crippen molar-refractivity contribution in [3.8, 4) is 5.75 Å². The van der Waals surface area contributed by atoms with E-state index < -0.39 is 0 Å². The zero-order chi connectivity index (χ0) is 14.4. The van der Waals surface area contributed by atoms with Gasteiger partial charge in [0.05, 0.1) is 5.02 Å². The Balaban J connectivity index is 1.79. The highest BCUT2D eigenvalue weighted by molar-refractivity contribution is 6.32. The van der Waals surface area contributed by atoms with Crippen molar-refractivity contribution in [2.24, 2.45) is 0 Å². The largest absolute Gasteiger partial charge is 0.506 e. The number of carbonyl (C=O) groups is 1. The van der Waals surface area contributed by atoms with Crippen molar-refractivity contribution in [2.45, 2.75) is 19.4 Å². The number of aromatic hydroxyl groups is 1. The number of rotatable bonds is 5. The predicted molar refractivity (Wildman–Crippen MR) is 77.7 cm³/mol. The monoisotopic (exact) mass is 290 g/mol. The molecule has 0 aliphatic heterocycles. The quantitative estimate of drug-likeness (QED) is 0.854. The summed E-state index contributed by atoms with van der Waals surface area (Å²) >= 11 is 5.80. The highest BCUT2D eigenvalue weighted by Crippen LogP contribution is 2.24. The minimum Gasteiger partial charge on any atom is -0.506 e. The Morgan fingerprint density at radius 3 is 2.55 bits per heavy atom. The lowest BCUT2D eigenvalue weighted by atomic mass is 10.1. The van der Waals surface area contributed by atoms with Gasteiger partial charge in [0.1, 0.15) is 12.4 Å². The van der Waals surface area contributed by atoms with Crippen LogP contribution in [-0.2, 0) is 22.6 Å². The number of hydrogen-bond donors (Lipinski definition) is 1. The van der Waals surface area contributed by atoms with Crippen molar-refractivity contribution < 1.29 is 14.6 Å². The fraction of sp³-hybridized carbons (Fsp3) is 0.188. The Morgan fingerprint density at radius 2 is 1.85 bits per heavy atom. The normalized spacial score (nSPS) is 10.2. The molecule has 0 saturated carbocycles. The summed E-state index contributed by atoms with van der Waals surface area (Å²) in [5.41, 5.74) is 1.86. The molecule has 0 amide bonds. The number of aryl methyl sites for hydroxylation is 1. The molecule has 0 fully saturated rings. The van der Waals surface area contributed by atoms with Crippen molar-refractivity contribution >= 4 is 17.6 Å². The van der Waals surface area contributed by atoms with Crippen LogP contribution in [0.4, 0.5) is 0 Å². The molecule has 0 aliphatic rings. The van der Waals surface area contributed by atoms with E-state index in [-0.39, 0.29) is 24.7 Å². The Bertz CT molecular complexity index is 582. The van der Waals surface area contributed by atoms with E-state index >= 15 is 0 Å². The summed E-state index contributed by atoms with van der Waals surface area (Å²) in [5, 5.41) is 9.60. The van der Waals surface area contributed by atoms with E-state index in [2.05, 4.69) is 0 Å². The maximum absolute atomic E-state index is 11.6. The number of phenols is 1. The molecule has 2 aromatic carbocycles. The second-order valence-electron chi connectivity index (χ2n) is 4.43. The van der Waals surface area contributed by atoms with Crippen LogP contribution in [0.3, 0.4) is 0 Å². The predicted octanol–water partition coefficient (Wildman–Crippen LogP) is 3.72. The summed E-state index contributed by atoms with van der Waals surface area (Å²) in [5.74, 6) is -0.208. The first-order valence-corrected chi connectivity index (χ1v) is 6.70. The molecule has 20 heavy (non-hydrogen) atoms. The molecule has 1 N–H and O–H groups in total. The van der Waals surface area contributed by atoms with Gasteiger partial charge in [-0.15, -0.1) is 0 Å². The average molecular weight is 291 g/mol. The minimum absolute atomic E-state index is 0.0436. The molecule has 0 atom stereocenters. The van der Waals surface area contributed by atoms with Gasteiger partial charge in [0, 0.05) is 6.42 Å². The van der Waals surface area contributed by atoms with Gasteiger partial charge >= 0.3 is 5.97 Å². The Morgan fingerprint density at radius 1 is 1.10 bits per heavy atom. The first-order chi connectivity index (χ1) is 9.65. The number of benzene rings is 2. The van der Waals surface area contributed by atoms with Crippen molar-refractivity contribution in [1.29, 1.82) is 0 Å². The van der Waals surface area contributed by atoms with Crippen molar-refractivity contribution in [2.75, 3.05) is 0 Å². The van der Waals surface area contributed by atoms with E-state index in [1.54, 1.807) is 12.1 Å². The van der Waals surface area contributed by atoms with Crippen molar-refractivity contribution in [3.05, 3.63) is 64.7 Å². The number of halogens is 1. The van der Waals surface area contributed by atoms with Crippen LogP contribution in [0.25, 0.3) is 0 Å². The van der Waals surface area contributed by atoms with Crippen LogP contribution < -0.4 is 0 Å². The van der Waals surface area contributed by atoms with Gasteiger partial charge in [0.2, 0.25) is 0 Å². The highest BCUT2D eigenvalue weighted by Gasteiger charge is 2.06. The zero-order valence-corrected chi connectivity index (χ0v) is 11.6. The van der Waals surface area contributed by atoms with E-state index in [1.807, 2.05) is 30.3 Å². The Hall–Kier alpha value is -2.00. The van der Waals surface area contributed by atoms with Gasteiger partial charge in [-0.1, -0.05) is 48.0 Å². The molecule has 4 heteroatoms. The van der Waals surface area contributed by atoms with E-state index in [4.69, 9.17) is 16.3 Å². The van der Waals surface area contributed by atoms with Crippen LogP contribution >= 0.6 is 11.6 Å². The van der Waals surface area contributed by atoms with Gasteiger partial charge in [0.15, 0.2) is 0 Å². The summed E-state index contributed by atoms with van der Waals surface area (Å²) in [6.07, 6.45) is 0.821. The molecule has 0 aliphatic carbocycles. The van der Waals surface area contributed by atoms with E-state index in [0.717, 1.165) is 11.1 Å². The van der Waals surface area contributed by atoms with Crippen molar-refractivity contribution in [3.63, 3.8) is 0 Å². The number of esters is 1. The van der Waals surface area contributed by atoms with Crippen LogP contribution in [0.5, 0.6) is 5.75 Å². The first kappa shape index (κ1) is 14.4. The molecule has 0 unspecified atom stereocenters. The van der Waals surface area contributed by atoms with E-state index in [9.17, 15) is 9.90 Å². The fourth-order valence-electron chi connectivity index (χ4n) is 1.76. The Labute approximate surface area is 122 Å². The van der Waals surface area contributed by atoms with E-state index in [1.165, 1.54) is 6.07 Å². The summed E-state index contributed by atoms with van der Waals surface area (Å²) < 4.78 is 5.18. The van der Waals surface area contributed by atoms with Gasteiger partial charge in [-0.2, -0.15) is 0 Å². The fourth-order valence-corrected chi connectivity index (χ4v) is 1.97. The standard InChI is InChI=1S/C16H15ClO3/c17-14-10-12(6-8-15(14)18)7-9-16(19)20-11-13-4-2-1-3-5-13/h1-6,8,10,18H,7,9,11H2. The lowest BCUT2D eigenvalue weighted by Crippen LogP contribution is -2.05. The lowest BCUT2D eigenvalue weighted by molar-refractivity contribution is -0.144. The summed E-state index contributed by atoms with van der Waals surface area (Å²) in [6, 6.07) is 14.5. The molecule has 0 saturated heterocycles. The third kappa shape index (κ3) is 4.28. The summed E-state index contributed by atoms with van der Waals surface area (Å²) in [6.45, 7) is 0.288. The van der Waals surface area contributed by atoms with Gasteiger partial charge in [-0.05, 0) is 29.7 Å². The molecule has 0 radical (unpaired) electrons. The molecule has 0 bridgehead atoms.